The van der Waals surface area contributed by atoms with E-state index in [1.54, 1.807) is 30.3 Å². The Morgan fingerprint density at radius 3 is 2.43 bits per heavy atom. The number of anilines is 1. The van der Waals surface area contributed by atoms with Crippen molar-refractivity contribution in [1.82, 2.24) is 14.7 Å². The van der Waals surface area contributed by atoms with E-state index in [0.717, 1.165) is 18.4 Å². The highest BCUT2D eigenvalue weighted by Gasteiger charge is 2.25. The van der Waals surface area contributed by atoms with Crippen molar-refractivity contribution in [3.8, 4) is 0 Å². The van der Waals surface area contributed by atoms with Crippen LogP contribution in [0.2, 0.25) is 0 Å². The fourth-order valence-electron chi connectivity index (χ4n) is 3.97. The van der Waals surface area contributed by atoms with Gasteiger partial charge in [0.05, 0.1) is 11.7 Å². The predicted octanol–water partition coefficient (Wildman–Crippen LogP) is 4.31. The number of carbonyl (C=O) groups is 1. The van der Waals surface area contributed by atoms with Crippen LogP contribution in [-0.2, 0) is 26.7 Å². The number of sulfonamides is 1. The zero-order valence-electron chi connectivity index (χ0n) is 20.2. The minimum Gasteiger partial charge on any atom is -0.480 e. The number of nitrogens with one attached hydrogen (secondary N) is 2. The predicted molar refractivity (Wildman–Crippen MR) is 136 cm³/mol. The van der Waals surface area contributed by atoms with Crippen LogP contribution in [0.25, 0.3) is 0 Å². The van der Waals surface area contributed by atoms with Crippen molar-refractivity contribution in [2.75, 3.05) is 11.9 Å². The highest BCUT2D eigenvalue weighted by atomic mass is 32.2. The molecule has 0 bridgehead atoms. The van der Waals surface area contributed by atoms with E-state index in [2.05, 4.69) is 52.9 Å². The van der Waals surface area contributed by atoms with Crippen LogP contribution in [0.1, 0.15) is 56.5 Å². The molecule has 0 fully saturated rings. The molecule has 0 aliphatic heterocycles. The fraction of sp³-hybridized carbons (Fsp3) is 0.346. The lowest BCUT2D eigenvalue weighted by Gasteiger charge is -2.25. The molecule has 1 atom stereocenters. The zero-order valence-corrected chi connectivity index (χ0v) is 21.0. The molecule has 2 aromatic heterocycles. The van der Waals surface area contributed by atoms with Crippen LogP contribution in [0, 0.1) is 0 Å². The molecule has 0 amide bonds. The Hall–Kier alpha value is -3.30. The summed E-state index contributed by atoms with van der Waals surface area (Å²) in [6.45, 7) is 6.31. The number of benzene rings is 1. The summed E-state index contributed by atoms with van der Waals surface area (Å²) >= 11 is 0. The molecule has 0 spiro atoms. The van der Waals surface area contributed by atoms with Gasteiger partial charge in [-0.05, 0) is 53.6 Å². The van der Waals surface area contributed by atoms with E-state index >= 15 is 0 Å². The molecule has 1 unspecified atom stereocenters. The maximum atomic E-state index is 13.1. The van der Waals surface area contributed by atoms with Gasteiger partial charge in [-0.25, -0.2) is 23.1 Å². The van der Waals surface area contributed by atoms with Gasteiger partial charge in [0.2, 0.25) is 0 Å². The lowest BCUT2D eigenvalue weighted by Crippen LogP contribution is -2.31. The van der Waals surface area contributed by atoms with E-state index in [1.807, 2.05) is 12.1 Å². The van der Waals surface area contributed by atoms with Crippen molar-refractivity contribution in [2.45, 2.75) is 56.5 Å². The molecule has 9 heteroatoms. The molecule has 3 rings (SSSR count). The summed E-state index contributed by atoms with van der Waals surface area (Å²) in [7, 11) is -3.92. The van der Waals surface area contributed by atoms with Crippen LogP contribution in [0.5, 0.6) is 0 Å². The first-order valence-electron chi connectivity index (χ1n) is 11.6. The Bertz CT molecular complexity index is 1230. The summed E-state index contributed by atoms with van der Waals surface area (Å²) in [6, 6.07) is 17.3. The Kier molecular flexibility index (Phi) is 8.58. The van der Waals surface area contributed by atoms with Crippen molar-refractivity contribution < 1.29 is 18.3 Å². The van der Waals surface area contributed by atoms with Crippen LogP contribution in [0.3, 0.4) is 0 Å². The average Bonchev–Trinajstić information content (AvgIpc) is 2.83. The summed E-state index contributed by atoms with van der Waals surface area (Å²) in [4.78, 5) is 19.4. The van der Waals surface area contributed by atoms with Crippen molar-refractivity contribution >= 4 is 21.8 Å². The number of pyridine rings is 2. The number of carboxylic acids is 1. The van der Waals surface area contributed by atoms with Gasteiger partial charge in [0.15, 0.2) is 5.03 Å². The monoisotopic (exact) mass is 496 g/mol. The second-order valence-electron chi connectivity index (χ2n) is 9.07. The van der Waals surface area contributed by atoms with E-state index in [-0.39, 0.29) is 17.0 Å². The third kappa shape index (κ3) is 7.34. The van der Waals surface area contributed by atoms with Gasteiger partial charge in [-0.1, -0.05) is 63.6 Å². The SMILES string of the molecule is CCCC(C)(C)c1ccc(CC(NS(=O)(=O)c2ccccn2)c2cccc(NCC(=O)O)n2)cc1. The van der Waals surface area contributed by atoms with Crippen molar-refractivity contribution in [3.05, 3.63) is 83.7 Å². The van der Waals surface area contributed by atoms with Crippen LogP contribution >= 0.6 is 0 Å². The highest BCUT2D eigenvalue weighted by molar-refractivity contribution is 7.89. The van der Waals surface area contributed by atoms with Crippen LogP contribution in [0.4, 0.5) is 5.82 Å². The van der Waals surface area contributed by atoms with E-state index < -0.39 is 22.0 Å². The molecule has 186 valence electrons. The number of hydrogen-bond acceptors (Lipinski definition) is 6. The standard InChI is InChI=1S/C26H32N4O4S/c1-4-15-26(2,3)20-13-11-19(12-14-20)17-22(30-35(33,34)24-10-5-6-16-27-24)21-8-7-9-23(29-21)28-18-25(31)32/h5-14,16,22,30H,4,15,17-18H2,1-3H3,(H,28,29)(H,31,32). The molecule has 35 heavy (non-hydrogen) atoms. The maximum absolute atomic E-state index is 13.1. The van der Waals surface area contributed by atoms with Gasteiger partial charge < -0.3 is 10.4 Å². The summed E-state index contributed by atoms with van der Waals surface area (Å²) in [5, 5.41) is 11.6. The van der Waals surface area contributed by atoms with E-state index in [9.17, 15) is 13.2 Å². The summed E-state index contributed by atoms with van der Waals surface area (Å²) in [5.74, 6) is -0.667. The Morgan fingerprint density at radius 1 is 1.06 bits per heavy atom. The molecule has 0 saturated heterocycles. The van der Waals surface area contributed by atoms with Gasteiger partial charge in [-0.3, -0.25) is 4.79 Å². The van der Waals surface area contributed by atoms with Crippen LogP contribution in [-0.4, -0.2) is 36.0 Å². The lowest BCUT2D eigenvalue weighted by molar-refractivity contribution is -0.134. The third-order valence-electron chi connectivity index (χ3n) is 5.81. The molecule has 0 aliphatic carbocycles. The Labute approximate surface area is 206 Å². The summed E-state index contributed by atoms with van der Waals surface area (Å²) < 4.78 is 28.9. The Morgan fingerprint density at radius 2 is 1.80 bits per heavy atom. The number of carboxylic acid groups (broad SMARTS) is 1. The van der Waals surface area contributed by atoms with Gasteiger partial charge in [-0.2, -0.15) is 0 Å². The van der Waals surface area contributed by atoms with Gasteiger partial charge in [0, 0.05) is 6.20 Å². The smallest absolute Gasteiger partial charge is 0.322 e. The van der Waals surface area contributed by atoms with Gasteiger partial charge >= 0.3 is 5.97 Å². The van der Waals surface area contributed by atoms with Crippen molar-refractivity contribution in [2.24, 2.45) is 0 Å². The topological polar surface area (TPSA) is 121 Å². The number of aromatic nitrogens is 2. The normalized spacial score (nSPS) is 12.8. The van der Waals surface area contributed by atoms with E-state index in [1.165, 1.54) is 17.8 Å². The quantitative estimate of drug-likeness (QED) is 0.341. The number of aliphatic carboxylic acids is 1. The van der Waals surface area contributed by atoms with E-state index in [4.69, 9.17) is 5.11 Å². The van der Waals surface area contributed by atoms with Gasteiger partial charge in [-0.15, -0.1) is 0 Å². The van der Waals surface area contributed by atoms with Gasteiger partial charge in [0.1, 0.15) is 12.4 Å². The molecule has 0 aliphatic rings. The Balaban J connectivity index is 1.91. The van der Waals surface area contributed by atoms with Crippen LogP contribution in [0.15, 0.2) is 71.9 Å². The molecule has 2 heterocycles. The second kappa shape index (κ2) is 11.4. The molecule has 0 saturated carbocycles. The van der Waals surface area contributed by atoms with Gasteiger partial charge in [0.25, 0.3) is 10.0 Å². The maximum Gasteiger partial charge on any atom is 0.322 e. The summed E-state index contributed by atoms with van der Waals surface area (Å²) in [5.41, 5.74) is 2.70. The lowest BCUT2D eigenvalue weighted by atomic mass is 9.80. The molecule has 8 nitrogen and oxygen atoms in total. The number of hydrogen-bond donors (Lipinski definition) is 3. The molecule has 1 aromatic carbocycles. The zero-order chi connectivity index (χ0) is 25.5. The van der Waals surface area contributed by atoms with Crippen molar-refractivity contribution in [3.63, 3.8) is 0 Å². The number of rotatable bonds is 12. The first-order chi connectivity index (χ1) is 16.6. The average molecular weight is 497 g/mol. The molecular formula is C26H32N4O4S. The third-order valence-corrected chi connectivity index (χ3v) is 7.20. The largest absolute Gasteiger partial charge is 0.480 e. The highest BCUT2D eigenvalue weighted by Crippen LogP contribution is 2.29. The number of nitrogens with zero attached hydrogens (tertiary/aromatic N) is 2. The molecule has 3 aromatic rings. The molecular weight excluding hydrogens is 464 g/mol. The molecule has 3 N–H and O–H groups in total. The van der Waals surface area contributed by atoms with Crippen molar-refractivity contribution in [1.29, 1.82) is 0 Å². The van der Waals surface area contributed by atoms with Crippen LogP contribution < -0.4 is 10.0 Å². The second-order valence-corrected chi connectivity index (χ2v) is 10.7. The first-order valence-corrected chi connectivity index (χ1v) is 13.0. The first kappa shape index (κ1) is 26.3. The summed E-state index contributed by atoms with van der Waals surface area (Å²) in [6.07, 6.45) is 3.94. The van der Waals surface area contributed by atoms with E-state index in [0.29, 0.717) is 17.9 Å². The fourth-order valence-corrected chi connectivity index (χ4v) is 5.12. The minimum absolute atomic E-state index is 0.0545. The minimum atomic E-state index is -3.92. The molecule has 0 radical (unpaired) electrons.